The van der Waals surface area contributed by atoms with Crippen LogP contribution in [0.15, 0.2) is 36.4 Å². The summed E-state index contributed by atoms with van der Waals surface area (Å²) in [6, 6.07) is 4.92. The van der Waals surface area contributed by atoms with E-state index < -0.39 is 41.4 Å². The first-order valence-electron chi connectivity index (χ1n) is 8.61. The summed E-state index contributed by atoms with van der Waals surface area (Å²) >= 11 is 0. The molecular weight excluding hydrogens is 405 g/mol. The van der Waals surface area contributed by atoms with E-state index in [2.05, 4.69) is 5.32 Å². The van der Waals surface area contributed by atoms with E-state index in [1.165, 1.54) is 6.07 Å². The van der Waals surface area contributed by atoms with Crippen LogP contribution in [-0.4, -0.2) is 17.8 Å². The van der Waals surface area contributed by atoms with Crippen molar-refractivity contribution in [1.82, 2.24) is 0 Å². The topological polar surface area (TPSA) is 58.3 Å². The summed E-state index contributed by atoms with van der Waals surface area (Å²) in [7, 11) is 0. The first kappa shape index (κ1) is 21.4. The van der Waals surface area contributed by atoms with Crippen LogP contribution in [0, 0.1) is 5.82 Å². The number of halogens is 7. The number of benzene rings is 2. The molecule has 3 rings (SSSR count). The van der Waals surface area contributed by atoms with Crippen LogP contribution in [0.3, 0.4) is 0 Å². The number of nitrogens with two attached hydrogens (primary N) is 1. The van der Waals surface area contributed by atoms with Crippen molar-refractivity contribution in [3.05, 3.63) is 64.5 Å². The standard InChI is InChI=1S/C19H17F7N2O/c20-13-7-11(6-12(8-13)18(21,22)23)17(29,19(24,25)26)9-28-14-2-3-15-10(5-14)1-4-16(15)27/h2-3,5-8,16,28-29H,1,4,9,27H2/t16-,17-/m1/s1. The molecule has 0 bridgehead atoms. The Labute approximate surface area is 161 Å². The lowest BCUT2D eigenvalue weighted by atomic mass is 9.91. The van der Waals surface area contributed by atoms with Gasteiger partial charge in [-0.15, -0.1) is 0 Å². The van der Waals surface area contributed by atoms with Crippen molar-refractivity contribution in [3.63, 3.8) is 0 Å². The zero-order valence-corrected chi connectivity index (χ0v) is 14.8. The third-order valence-corrected chi connectivity index (χ3v) is 4.99. The average molecular weight is 422 g/mol. The minimum atomic E-state index is -5.37. The predicted octanol–water partition coefficient (Wildman–Crippen LogP) is 4.65. The minimum absolute atomic E-state index is 0.0669. The maximum Gasteiger partial charge on any atom is 0.423 e. The van der Waals surface area contributed by atoms with E-state index in [1.807, 2.05) is 0 Å². The Balaban J connectivity index is 1.94. The van der Waals surface area contributed by atoms with Gasteiger partial charge in [0.05, 0.1) is 12.1 Å². The van der Waals surface area contributed by atoms with Crippen LogP contribution in [0.5, 0.6) is 0 Å². The highest BCUT2D eigenvalue weighted by Crippen LogP contribution is 2.42. The summed E-state index contributed by atoms with van der Waals surface area (Å²) in [5.41, 5.74) is 1.22. The number of hydrogen-bond acceptors (Lipinski definition) is 3. The van der Waals surface area contributed by atoms with Crippen LogP contribution in [-0.2, 0) is 18.2 Å². The Hall–Kier alpha value is -2.33. The van der Waals surface area contributed by atoms with E-state index in [-0.39, 0.29) is 29.9 Å². The Morgan fingerprint density at radius 1 is 1.00 bits per heavy atom. The van der Waals surface area contributed by atoms with Crippen LogP contribution >= 0.6 is 0 Å². The van der Waals surface area contributed by atoms with Crippen molar-refractivity contribution < 1.29 is 35.8 Å². The number of rotatable bonds is 4. The van der Waals surface area contributed by atoms with Gasteiger partial charge in [-0.3, -0.25) is 0 Å². The molecule has 0 amide bonds. The second-order valence-corrected chi connectivity index (χ2v) is 7.00. The van der Waals surface area contributed by atoms with E-state index in [4.69, 9.17) is 5.73 Å². The second-order valence-electron chi connectivity index (χ2n) is 7.00. The maximum atomic E-state index is 13.6. The van der Waals surface area contributed by atoms with Gasteiger partial charge in [0.25, 0.3) is 0 Å². The molecule has 0 heterocycles. The molecule has 3 nitrogen and oxygen atoms in total. The molecule has 158 valence electrons. The van der Waals surface area contributed by atoms with Crippen LogP contribution in [0.1, 0.15) is 34.7 Å². The van der Waals surface area contributed by atoms with E-state index in [1.54, 1.807) is 12.1 Å². The molecule has 1 aliphatic rings. The lowest BCUT2D eigenvalue weighted by Crippen LogP contribution is -2.48. The summed E-state index contributed by atoms with van der Waals surface area (Å²) in [6.45, 7) is -1.21. The molecule has 4 N–H and O–H groups in total. The SMILES string of the molecule is N[C@@H]1CCc2cc(NC[C@@](O)(c3cc(F)cc(C(F)(F)F)c3)C(F)(F)F)ccc21. The number of aliphatic hydroxyl groups is 1. The van der Waals surface area contributed by atoms with Crippen LogP contribution in [0.4, 0.5) is 36.4 Å². The number of fused-ring (bicyclic) bond motifs is 1. The third kappa shape index (κ3) is 4.18. The number of aryl methyl sites for hydroxylation is 1. The lowest BCUT2D eigenvalue weighted by Gasteiger charge is -2.32. The molecule has 2 aromatic rings. The van der Waals surface area contributed by atoms with Gasteiger partial charge in [0.15, 0.2) is 0 Å². The fourth-order valence-corrected chi connectivity index (χ4v) is 3.35. The molecule has 29 heavy (non-hydrogen) atoms. The molecule has 0 saturated carbocycles. The maximum absolute atomic E-state index is 13.6. The van der Waals surface area contributed by atoms with Crippen molar-refractivity contribution in [2.45, 2.75) is 36.8 Å². The van der Waals surface area contributed by atoms with Gasteiger partial charge in [-0.1, -0.05) is 6.07 Å². The molecule has 0 spiro atoms. The second kappa shape index (κ2) is 7.17. The molecule has 0 aromatic heterocycles. The normalized spacial score (nSPS) is 19.0. The highest BCUT2D eigenvalue weighted by atomic mass is 19.4. The number of nitrogens with one attached hydrogen (secondary N) is 1. The summed E-state index contributed by atoms with van der Waals surface area (Å²) < 4.78 is 93.1. The zero-order valence-electron chi connectivity index (χ0n) is 14.8. The monoisotopic (exact) mass is 422 g/mol. The summed E-state index contributed by atoms with van der Waals surface area (Å²) in [6.07, 6.45) is -9.12. The smallest absolute Gasteiger partial charge is 0.381 e. The summed E-state index contributed by atoms with van der Waals surface area (Å²) in [5.74, 6) is -1.54. The molecule has 1 aliphatic carbocycles. The van der Waals surface area contributed by atoms with Crippen molar-refractivity contribution in [2.75, 3.05) is 11.9 Å². The van der Waals surface area contributed by atoms with Gasteiger partial charge in [0.1, 0.15) is 5.82 Å². The van der Waals surface area contributed by atoms with E-state index >= 15 is 0 Å². The largest absolute Gasteiger partial charge is 0.423 e. The van der Waals surface area contributed by atoms with Gasteiger partial charge in [0.2, 0.25) is 5.60 Å². The van der Waals surface area contributed by atoms with Gasteiger partial charge in [-0.05, 0) is 59.9 Å². The molecule has 0 fully saturated rings. The van der Waals surface area contributed by atoms with Gasteiger partial charge in [-0.2, -0.15) is 26.3 Å². The van der Waals surface area contributed by atoms with Gasteiger partial charge < -0.3 is 16.2 Å². The molecule has 10 heteroatoms. The highest BCUT2D eigenvalue weighted by molar-refractivity contribution is 5.51. The van der Waals surface area contributed by atoms with E-state index in [0.29, 0.717) is 12.8 Å². The quantitative estimate of drug-likeness (QED) is 0.629. The first-order valence-corrected chi connectivity index (χ1v) is 8.61. The predicted molar refractivity (Wildman–Crippen MR) is 91.5 cm³/mol. The number of anilines is 1. The molecule has 0 radical (unpaired) electrons. The Morgan fingerprint density at radius 2 is 1.66 bits per heavy atom. The molecule has 0 saturated heterocycles. The average Bonchev–Trinajstić information content (AvgIpc) is 2.98. The fourth-order valence-electron chi connectivity index (χ4n) is 3.35. The molecule has 2 aromatic carbocycles. The van der Waals surface area contributed by atoms with Gasteiger partial charge >= 0.3 is 12.4 Å². The lowest BCUT2D eigenvalue weighted by molar-refractivity contribution is -0.260. The van der Waals surface area contributed by atoms with Crippen LogP contribution in [0.2, 0.25) is 0 Å². The Morgan fingerprint density at radius 3 is 2.28 bits per heavy atom. The number of hydrogen-bond donors (Lipinski definition) is 3. The molecular formula is C19H17F7N2O. The van der Waals surface area contributed by atoms with Crippen LogP contribution < -0.4 is 11.1 Å². The number of alkyl halides is 6. The zero-order chi connectivity index (χ0) is 21.6. The Kier molecular flexibility index (Phi) is 5.29. The van der Waals surface area contributed by atoms with E-state index in [0.717, 1.165) is 11.1 Å². The van der Waals surface area contributed by atoms with Crippen molar-refractivity contribution >= 4 is 5.69 Å². The highest BCUT2D eigenvalue weighted by Gasteiger charge is 2.55. The summed E-state index contributed by atoms with van der Waals surface area (Å²) in [4.78, 5) is 0. The van der Waals surface area contributed by atoms with Gasteiger partial charge in [0, 0.05) is 11.7 Å². The summed E-state index contributed by atoms with van der Waals surface area (Å²) in [5, 5.41) is 12.7. The van der Waals surface area contributed by atoms with Crippen molar-refractivity contribution in [3.8, 4) is 0 Å². The molecule has 0 aliphatic heterocycles. The molecule has 2 atom stereocenters. The van der Waals surface area contributed by atoms with Crippen molar-refractivity contribution in [2.24, 2.45) is 5.73 Å². The van der Waals surface area contributed by atoms with Gasteiger partial charge in [-0.25, -0.2) is 4.39 Å². The minimum Gasteiger partial charge on any atom is -0.381 e. The Bertz CT molecular complexity index is 910. The first-order chi connectivity index (χ1) is 13.3. The third-order valence-electron chi connectivity index (χ3n) is 4.99. The molecule has 0 unspecified atom stereocenters. The fraction of sp³-hybridized carbons (Fsp3) is 0.368. The van der Waals surface area contributed by atoms with Crippen molar-refractivity contribution in [1.29, 1.82) is 0 Å². The van der Waals surface area contributed by atoms with Crippen LogP contribution in [0.25, 0.3) is 0 Å². The van der Waals surface area contributed by atoms with E-state index in [9.17, 15) is 35.8 Å².